The molecule has 1 heterocycles. The second-order valence-corrected chi connectivity index (χ2v) is 5.40. The van der Waals surface area contributed by atoms with Crippen LogP contribution in [-0.2, 0) is 9.47 Å². The van der Waals surface area contributed by atoms with E-state index in [9.17, 15) is 0 Å². The summed E-state index contributed by atoms with van der Waals surface area (Å²) in [6.07, 6.45) is 5.87. The summed E-state index contributed by atoms with van der Waals surface area (Å²) in [6, 6.07) is 0.649. The van der Waals surface area contributed by atoms with Gasteiger partial charge in [0.2, 0.25) is 0 Å². The third-order valence-electron chi connectivity index (χ3n) is 3.59. The van der Waals surface area contributed by atoms with Crippen LogP contribution in [0.2, 0.25) is 0 Å². The molecule has 2 aliphatic rings. The maximum atomic E-state index is 5.73. The van der Waals surface area contributed by atoms with E-state index in [1.54, 1.807) is 0 Å². The lowest BCUT2D eigenvalue weighted by atomic mass is 10.0. The Hall–Kier alpha value is -0.0800. The fourth-order valence-electron chi connectivity index (χ4n) is 2.16. The van der Waals surface area contributed by atoms with Crippen molar-refractivity contribution >= 4 is 29.9 Å². The van der Waals surface area contributed by atoms with E-state index in [1.807, 2.05) is 7.05 Å². The lowest BCUT2D eigenvalue weighted by Crippen LogP contribution is -2.39. The van der Waals surface area contributed by atoms with Crippen LogP contribution in [0.15, 0.2) is 4.99 Å². The zero-order chi connectivity index (χ0) is 13.3. The number of guanidine groups is 1. The second kappa shape index (κ2) is 10.6. The van der Waals surface area contributed by atoms with E-state index in [0.29, 0.717) is 12.0 Å². The first-order valence-electron chi connectivity index (χ1n) is 7.51. The van der Waals surface area contributed by atoms with Crippen molar-refractivity contribution in [2.45, 2.75) is 38.1 Å². The van der Waals surface area contributed by atoms with Gasteiger partial charge in [0, 0.05) is 46.1 Å². The molecule has 1 saturated carbocycles. The Morgan fingerprint density at radius 2 is 2.00 bits per heavy atom. The van der Waals surface area contributed by atoms with Gasteiger partial charge in [-0.1, -0.05) is 0 Å². The van der Waals surface area contributed by atoms with E-state index in [1.165, 1.54) is 12.8 Å². The van der Waals surface area contributed by atoms with Crippen molar-refractivity contribution < 1.29 is 9.47 Å². The maximum absolute atomic E-state index is 5.73. The summed E-state index contributed by atoms with van der Waals surface area (Å²) in [5, 5.41) is 6.69. The quantitative estimate of drug-likeness (QED) is 0.298. The highest BCUT2D eigenvalue weighted by atomic mass is 127. The van der Waals surface area contributed by atoms with Crippen LogP contribution >= 0.6 is 24.0 Å². The lowest BCUT2D eigenvalue weighted by molar-refractivity contribution is 0.0203. The van der Waals surface area contributed by atoms with E-state index >= 15 is 0 Å². The van der Waals surface area contributed by atoms with Gasteiger partial charge in [0.1, 0.15) is 0 Å². The minimum atomic E-state index is 0. The fourth-order valence-corrected chi connectivity index (χ4v) is 2.16. The number of rotatable bonds is 7. The molecule has 0 aromatic rings. The van der Waals surface area contributed by atoms with E-state index in [0.717, 1.165) is 58.2 Å². The summed E-state index contributed by atoms with van der Waals surface area (Å²) in [5.41, 5.74) is 0. The van der Waals surface area contributed by atoms with Crippen molar-refractivity contribution in [3.8, 4) is 0 Å². The van der Waals surface area contributed by atoms with E-state index in [2.05, 4.69) is 15.6 Å². The molecule has 0 atom stereocenters. The molecule has 2 fully saturated rings. The summed E-state index contributed by atoms with van der Waals surface area (Å²) in [7, 11) is 1.82. The zero-order valence-electron chi connectivity index (χ0n) is 12.4. The summed E-state index contributed by atoms with van der Waals surface area (Å²) < 4.78 is 11.1. The molecule has 1 aliphatic heterocycles. The number of nitrogens with one attached hydrogen (secondary N) is 2. The molecule has 0 aromatic heterocycles. The molecule has 0 unspecified atom stereocenters. The Labute approximate surface area is 139 Å². The Morgan fingerprint density at radius 3 is 2.65 bits per heavy atom. The molecule has 0 bridgehead atoms. The number of hydrogen-bond acceptors (Lipinski definition) is 3. The Bertz CT molecular complexity index is 280. The molecule has 0 radical (unpaired) electrons. The SMILES string of the molecule is CN=C(NCCCOCC1CCOCC1)NC1CC1.I. The minimum absolute atomic E-state index is 0. The smallest absolute Gasteiger partial charge is 0.191 e. The summed E-state index contributed by atoms with van der Waals surface area (Å²) in [5.74, 6) is 1.62. The molecule has 1 aliphatic carbocycles. The van der Waals surface area contributed by atoms with Gasteiger partial charge in [-0.25, -0.2) is 0 Å². The van der Waals surface area contributed by atoms with E-state index in [-0.39, 0.29) is 24.0 Å². The van der Waals surface area contributed by atoms with Gasteiger partial charge >= 0.3 is 0 Å². The first kappa shape index (κ1) is 18.0. The summed E-state index contributed by atoms with van der Waals surface area (Å²) in [6.45, 7) is 4.43. The topological polar surface area (TPSA) is 54.9 Å². The molecule has 6 heteroatoms. The van der Waals surface area contributed by atoms with Crippen LogP contribution in [-0.4, -0.2) is 52.0 Å². The number of ether oxygens (including phenoxy) is 2. The van der Waals surface area contributed by atoms with Crippen LogP contribution in [0.25, 0.3) is 0 Å². The van der Waals surface area contributed by atoms with Crippen LogP contribution in [0.3, 0.4) is 0 Å². The van der Waals surface area contributed by atoms with Crippen LogP contribution in [0.4, 0.5) is 0 Å². The van der Waals surface area contributed by atoms with Crippen molar-refractivity contribution in [3.63, 3.8) is 0 Å². The predicted octanol–water partition coefficient (Wildman–Crippen LogP) is 1.77. The first-order valence-corrected chi connectivity index (χ1v) is 7.51. The largest absolute Gasteiger partial charge is 0.381 e. The van der Waals surface area contributed by atoms with Crippen LogP contribution in [0.1, 0.15) is 32.1 Å². The van der Waals surface area contributed by atoms with Gasteiger partial charge in [-0.2, -0.15) is 0 Å². The van der Waals surface area contributed by atoms with Crippen LogP contribution < -0.4 is 10.6 Å². The highest BCUT2D eigenvalue weighted by Crippen LogP contribution is 2.18. The molecule has 5 nitrogen and oxygen atoms in total. The standard InChI is InChI=1S/C14H27N3O2.HI/c1-15-14(17-13-3-4-13)16-7-2-8-19-11-12-5-9-18-10-6-12;/h12-13H,2-11H2,1H3,(H2,15,16,17);1H. The highest BCUT2D eigenvalue weighted by molar-refractivity contribution is 14.0. The number of nitrogens with zero attached hydrogens (tertiary/aromatic N) is 1. The van der Waals surface area contributed by atoms with Crippen LogP contribution in [0.5, 0.6) is 0 Å². The molecule has 1 saturated heterocycles. The van der Waals surface area contributed by atoms with Crippen molar-refractivity contribution in [2.24, 2.45) is 10.9 Å². The molecule has 2 rings (SSSR count). The third kappa shape index (κ3) is 7.64. The molecule has 0 spiro atoms. The van der Waals surface area contributed by atoms with Crippen molar-refractivity contribution in [2.75, 3.05) is 40.0 Å². The normalized spacial score (nSPS) is 20.4. The monoisotopic (exact) mass is 397 g/mol. The van der Waals surface area contributed by atoms with Gasteiger partial charge in [-0.05, 0) is 38.0 Å². The Kier molecular flexibility index (Phi) is 9.54. The molecule has 20 heavy (non-hydrogen) atoms. The van der Waals surface area contributed by atoms with Crippen molar-refractivity contribution in [3.05, 3.63) is 0 Å². The molecule has 118 valence electrons. The average Bonchev–Trinajstić information content (AvgIpc) is 3.26. The third-order valence-corrected chi connectivity index (χ3v) is 3.59. The van der Waals surface area contributed by atoms with E-state index in [4.69, 9.17) is 9.47 Å². The molecule has 0 amide bonds. The molecular weight excluding hydrogens is 369 g/mol. The zero-order valence-corrected chi connectivity index (χ0v) is 14.7. The van der Waals surface area contributed by atoms with Gasteiger partial charge in [0.15, 0.2) is 5.96 Å². The molecule has 2 N–H and O–H groups in total. The van der Waals surface area contributed by atoms with Crippen molar-refractivity contribution in [1.29, 1.82) is 0 Å². The Morgan fingerprint density at radius 1 is 1.25 bits per heavy atom. The summed E-state index contributed by atoms with van der Waals surface area (Å²) in [4.78, 5) is 4.20. The predicted molar refractivity (Wildman–Crippen MR) is 91.9 cm³/mol. The minimum Gasteiger partial charge on any atom is -0.381 e. The number of aliphatic imine (C=N–C) groups is 1. The van der Waals surface area contributed by atoms with Crippen molar-refractivity contribution in [1.82, 2.24) is 10.6 Å². The maximum Gasteiger partial charge on any atom is 0.191 e. The van der Waals surface area contributed by atoms with Crippen LogP contribution in [0, 0.1) is 5.92 Å². The highest BCUT2D eigenvalue weighted by Gasteiger charge is 2.21. The number of halogens is 1. The molecule has 0 aromatic carbocycles. The van der Waals surface area contributed by atoms with Gasteiger partial charge in [0.05, 0.1) is 0 Å². The number of hydrogen-bond donors (Lipinski definition) is 2. The Balaban J connectivity index is 0.00000200. The average molecular weight is 397 g/mol. The van der Waals surface area contributed by atoms with E-state index < -0.39 is 0 Å². The lowest BCUT2D eigenvalue weighted by Gasteiger charge is -2.21. The molecular formula is C14H28IN3O2. The fraction of sp³-hybridized carbons (Fsp3) is 0.929. The second-order valence-electron chi connectivity index (χ2n) is 5.40. The van der Waals surface area contributed by atoms with Gasteiger partial charge in [0.25, 0.3) is 0 Å². The summed E-state index contributed by atoms with van der Waals surface area (Å²) >= 11 is 0. The van der Waals surface area contributed by atoms with Gasteiger partial charge < -0.3 is 20.1 Å². The van der Waals surface area contributed by atoms with Gasteiger partial charge in [-0.15, -0.1) is 24.0 Å². The first-order chi connectivity index (χ1) is 9.38. The van der Waals surface area contributed by atoms with Gasteiger partial charge in [-0.3, -0.25) is 4.99 Å².